The predicted molar refractivity (Wildman–Crippen MR) is 78.0 cm³/mol. The van der Waals surface area contributed by atoms with Crippen LogP contribution >= 0.6 is 0 Å². The first-order valence-electron chi connectivity index (χ1n) is 7.39. The summed E-state index contributed by atoms with van der Waals surface area (Å²) in [5.41, 5.74) is 2.94. The second-order valence-electron chi connectivity index (χ2n) is 5.90. The highest BCUT2D eigenvalue weighted by atomic mass is 16.4. The lowest BCUT2D eigenvalue weighted by atomic mass is 9.89. The number of hydrogen-bond donors (Lipinski definition) is 2. The second-order valence-corrected chi connectivity index (χ2v) is 5.90. The molecule has 20 heavy (non-hydrogen) atoms. The van der Waals surface area contributed by atoms with Gasteiger partial charge in [-0.15, -0.1) is 0 Å². The first-order valence-corrected chi connectivity index (χ1v) is 7.39. The van der Waals surface area contributed by atoms with E-state index in [9.17, 15) is 4.79 Å². The van der Waals surface area contributed by atoms with Gasteiger partial charge in [0, 0.05) is 12.1 Å². The normalized spacial score (nSPS) is 16.6. The van der Waals surface area contributed by atoms with Crippen molar-refractivity contribution >= 4 is 5.91 Å². The van der Waals surface area contributed by atoms with E-state index < -0.39 is 0 Å². The average Bonchev–Trinajstić information content (AvgIpc) is 2.79. The molecule has 5 nitrogen and oxygen atoms in total. The van der Waals surface area contributed by atoms with Crippen LogP contribution in [-0.2, 0) is 6.54 Å². The molecule has 0 aliphatic heterocycles. The molecule has 2 rings (SSSR count). The van der Waals surface area contributed by atoms with Gasteiger partial charge in [-0.25, -0.2) is 5.84 Å². The van der Waals surface area contributed by atoms with E-state index >= 15 is 0 Å². The smallest absolute Gasteiger partial charge is 0.301 e. The Balaban J connectivity index is 1.90. The summed E-state index contributed by atoms with van der Waals surface area (Å²) in [4.78, 5) is 13.8. The maximum atomic E-state index is 11.5. The number of carbonyl (C=O) groups is 1. The van der Waals surface area contributed by atoms with Gasteiger partial charge in [0.1, 0.15) is 5.76 Å². The van der Waals surface area contributed by atoms with Crippen molar-refractivity contribution < 1.29 is 9.21 Å². The maximum absolute atomic E-state index is 11.5. The van der Waals surface area contributed by atoms with Gasteiger partial charge in [-0.3, -0.25) is 15.1 Å². The van der Waals surface area contributed by atoms with Crippen LogP contribution in [0.3, 0.4) is 0 Å². The summed E-state index contributed by atoms with van der Waals surface area (Å²) in [6.45, 7) is 3.69. The van der Waals surface area contributed by atoms with Gasteiger partial charge in [-0.2, -0.15) is 0 Å². The van der Waals surface area contributed by atoms with Gasteiger partial charge in [0.2, 0.25) is 0 Å². The minimum absolute atomic E-state index is 0.313. The Morgan fingerprint density at radius 3 is 2.80 bits per heavy atom. The Morgan fingerprint density at radius 2 is 2.15 bits per heavy atom. The summed E-state index contributed by atoms with van der Waals surface area (Å²) < 4.78 is 5.59. The van der Waals surface area contributed by atoms with E-state index in [1.807, 2.05) is 13.0 Å². The summed E-state index contributed by atoms with van der Waals surface area (Å²) in [5.74, 6) is 6.70. The number of hydrogen-bond acceptors (Lipinski definition) is 4. The van der Waals surface area contributed by atoms with E-state index in [-0.39, 0.29) is 5.91 Å². The van der Waals surface area contributed by atoms with Crippen LogP contribution in [-0.4, -0.2) is 24.4 Å². The van der Waals surface area contributed by atoms with E-state index in [2.05, 4.69) is 17.4 Å². The molecule has 0 spiro atoms. The Kier molecular flexibility index (Phi) is 5.20. The largest absolute Gasteiger partial charge is 0.454 e. The minimum Gasteiger partial charge on any atom is -0.454 e. The highest BCUT2D eigenvalue weighted by Gasteiger charge is 2.18. The summed E-state index contributed by atoms with van der Waals surface area (Å²) in [6, 6.07) is 1.92. The fourth-order valence-corrected chi connectivity index (χ4v) is 3.06. The Hall–Kier alpha value is -1.33. The lowest BCUT2D eigenvalue weighted by molar-refractivity contribution is 0.0921. The number of aryl methyl sites for hydroxylation is 1. The van der Waals surface area contributed by atoms with E-state index in [1.165, 1.54) is 32.1 Å². The van der Waals surface area contributed by atoms with Crippen molar-refractivity contribution in [3.8, 4) is 0 Å². The van der Waals surface area contributed by atoms with Crippen LogP contribution < -0.4 is 11.3 Å². The third-order valence-corrected chi connectivity index (χ3v) is 4.03. The number of rotatable bonds is 5. The third-order valence-electron chi connectivity index (χ3n) is 4.03. The van der Waals surface area contributed by atoms with Crippen LogP contribution in [0, 0.1) is 12.8 Å². The molecule has 1 heterocycles. The second kappa shape index (κ2) is 6.90. The van der Waals surface area contributed by atoms with Crippen molar-refractivity contribution in [2.45, 2.75) is 45.6 Å². The van der Waals surface area contributed by atoms with E-state index in [0.29, 0.717) is 5.76 Å². The molecule has 1 aromatic heterocycles. The van der Waals surface area contributed by atoms with Crippen molar-refractivity contribution in [3.05, 3.63) is 23.2 Å². The minimum atomic E-state index is -0.372. The lowest BCUT2D eigenvalue weighted by Crippen LogP contribution is -2.30. The van der Waals surface area contributed by atoms with Crippen molar-refractivity contribution in [2.75, 3.05) is 13.6 Å². The lowest BCUT2D eigenvalue weighted by Gasteiger charge is -2.26. The van der Waals surface area contributed by atoms with Crippen LogP contribution in [0.1, 0.15) is 54.0 Å². The number of nitrogens with two attached hydrogens (primary N) is 1. The van der Waals surface area contributed by atoms with E-state index in [4.69, 9.17) is 10.3 Å². The fraction of sp³-hybridized carbons (Fsp3) is 0.667. The SMILES string of the molecule is Cc1cc(CN(C)CC2CCCCC2)oc1C(=O)NN. The quantitative estimate of drug-likeness (QED) is 0.492. The highest BCUT2D eigenvalue weighted by molar-refractivity contribution is 5.92. The monoisotopic (exact) mass is 279 g/mol. The van der Waals surface area contributed by atoms with Gasteiger partial charge in [0.05, 0.1) is 6.54 Å². The molecule has 1 aliphatic carbocycles. The fourth-order valence-electron chi connectivity index (χ4n) is 3.06. The van der Waals surface area contributed by atoms with Gasteiger partial charge in [-0.05, 0) is 38.8 Å². The van der Waals surface area contributed by atoms with Gasteiger partial charge in [0.25, 0.3) is 0 Å². The molecule has 0 bridgehead atoms. The van der Waals surface area contributed by atoms with Gasteiger partial charge >= 0.3 is 5.91 Å². The van der Waals surface area contributed by atoms with Gasteiger partial charge in [-0.1, -0.05) is 19.3 Å². The molecule has 112 valence electrons. The number of hydrazine groups is 1. The molecular weight excluding hydrogens is 254 g/mol. The highest BCUT2D eigenvalue weighted by Crippen LogP contribution is 2.25. The summed E-state index contributed by atoms with van der Waals surface area (Å²) in [7, 11) is 2.11. The zero-order chi connectivity index (χ0) is 14.5. The predicted octanol–water partition coefficient (Wildman–Crippen LogP) is 2.20. The van der Waals surface area contributed by atoms with Crippen LogP contribution in [0.2, 0.25) is 0 Å². The molecule has 0 unspecified atom stereocenters. The number of nitrogens with zero attached hydrogens (tertiary/aromatic N) is 1. The molecular formula is C15H25N3O2. The molecule has 1 fully saturated rings. The van der Waals surface area contributed by atoms with Crippen molar-refractivity contribution in [1.29, 1.82) is 0 Å². The zero-order valence-corrected chi connectivity index (χ0v) is 12.4. The standard InChI is InChI=1S/C15H25N3O2/c1-11-8-13(20-14(11)15(19)17-16)10-18(2)9-12-6-4-3-5-7-12/h8,12H,3-7,9-10,16H2,1-2H3,(H,17,19). The maximum Gasteiger partial charge on any atom is 0.301 e. The molecule has 0 radical (unpaired) electrons. The molecule has 1 aromatic rings. The number of amides is 1. The number of nitrogen functional groups attached to an aromatic ring is 1. The Bertz CT molecular complexity index is 450. The zero-order valence-electron chi connectivity index (χ0n) is 12.4. The Morgan fingerprint density at radius 1 is 1.45 bits per heavy atom. The summed E-state index contributed by atoms with van der Waals surface area (Å²) in [5, 5.41) is 0. The molecule has 1 saturated carbocycles. The molecule has 0 aromatic carbocycles. The van der Waals surface area contributed by atoms with Gasteiger partial charge in [0.15, 0.2) is 5.76 Å². The molecule has 1 aliphatic rings. The molecule has 0 atom stereocenters. The van der Waals surface area contributed by atoms with Crippen molar-refractivity contribution in [2.24, 2.45) is 11.8 Å². The first kappa shape index (κ1) is 15.1. The van der Waals surface area contributed by atoms with E-state index in [0.717, 1.165) is 30.3 Å². The molecule has 3 N–H and O–H groups in total. The third kappa shape index (κ3) is 3.84. The van der Waals surface area contributed by atoms with Crippen LogP contribution in [0.25, 0.3) is 0 Å². The molecule has 1 amide bonds. The first-order chi connectivity index (χ1) is 9.60. The van der Waals surface area contributed by atoms with Crippen LogP contribution in [0.4, 0.5) is 0 Å². The molecule has 5 heteroatoms. The van der Waals surface area contributed by atoms with Crippen molar-refractivity contribution in [1.82, 2.24) is 10.3 Å². The summed E-state index contributed by atoms with van der Waals surface area (Å²) >= 11 is 0. The number of carbonyl (C=O) groups excluding carboxylic acids is 1. The van der Waals surface area contributed by atoms with Crippen LogP contribution in [0.5, 0.6) is 0 Å². The number of furan rings is 1. The summed E-state index contributed by atoms with van der Waals surface area (Å²) in [6.07, 6.45) is 6.78. The van der Waals surface area contributed by atoms with Crippen LogP contribution in [0.15, 0.2) is 10.5 Å². The average molecular weight is 279 g/mol. The number of nitrogens with one attached hydrogen (secondary N) is 1. The van der Waals surface area contributed by atoms with Crippen molar-refractivity contribution in [3.63, 3.8) is 0 Å². The topological polar surface area (TPSA) is 71.5 Å². The Labute approximate surface area is 120 Å². The van der Waals surface area contributed by atoms with Gasteiger partial charge < -0.3 is 4.42 Å². The van der Waals surface area contributed by atoms with E-state index in [1.54, 1.807) is 0 Å². The molecule has 0 saturated heterocycles.